The molecule has 13 heteroatoms. The minimum atomic E-state index is -0.692. The Morgan fingerprint density at radius 3 is 2.32 bits per heavy atom. The Bertz CT molecular complexity index is 1530. The normalized spacial score (nSPS) is 20.2. The zero-order chi connectivity index (χ0) is 35.2. The minimum absolute atomic E-state index is 0.0386. The van der Waals surface area contributed by atoms with Crippen LogP contribution in [0.1, 0.15) is 49.3 Å². The van der Waals surface area contributed by atoms with Gasteiger partial charge in [-0.05, 0) is 68.4 Å². The van der Waals surface area contributed by atoms with Gasteiger partial charge in [-0.1, -0.05) is 46.3 Å². The summed E-state index contributed by atoms with van der Waals surface area (Å²) in [6, 6.07) is 13.4. The molecule has 3 saturated heterocycles. The smallest absolute Gasteiger partial charge is 0.322 e. The summed E-state index contributed by atoms with van der Waals surface area (Å²) in [5.74, 6) is -0.221. The first kappa shape index (κ1) is 36.1. The number of aryl methyl sites for hydroxylation is 1. The number of hydrogen-bond acceptors (Lipinski definition) is 7. The first-order valence-electron chi connectivity index (χ1n) is 18.0. The molecule has 4 aliphatic rings. The highest BCUT2D eigenvalue weighted by Gasteiger charge is 2.36. The molecule has 0 aromatic heterocycles. The molecule has 6 rings (SSSR count). The lowest BCUT2D eigenvalue weighted by atomic mass is 10.0. The highest BCUT2D eigenvalue weighted by atomic mass is 79.9. The highest BCUT2D eigenvalue weighted by Crippen LogP contribution is 2.28. The van der Waals surface area contributed by atoms with Crippen LogP contribution in [0.5, 0.6) is 0 Å². The molecule has 2 N–H and O–H groups in total. The topological polar surface area (TPSA) is 118 Å². The summed E-state index contributed by atoms with van der Waals surface area (Å²) in [7, 11) is 0. The maximum atomic E-state index is 14.1. The van der Waals surface area contributed by atoms with E-state index in [4.69, 9.17) is 4.74 Å². The molecule has 5 amide bonds. The van der Waals surface area contributed by atoms with Crippen LogP contribution in [-0.2, 0) is 27.3 Å². The van der Waals surface area contributed by atoms with Crippen molar-refractivity contribution in [1.29, 1.82) is 0 Å². The summed E-state index contributed by atoms with van der Waals surface area (Å²) >= 11 is 3.58. The molecule has 4 aliphatic heterocycles. The van der Waals surface area contributed by atoms with E-state index < -0.39 is 6.04 Å². The van der Waals surface area contributed by atoms with Gasteiger partial charge in [-0.15, -0.1) is 0 Å². The number of carbonyl (C=O) groups is 4. The van der Waals surface area contributed by atoms with Gasteiger partial charge in [0, 0.05) is 87.6 Å². The number of halogens is 1. The molecule has 3 fully saturated rings. The molecule has 1 atom stereocenters. The fraction of sp³-hybridized carbons (Fsp3) is 0.568. The Morgan fingerprint density at radius 1 is 0.920 bits per heavy atom. The summed E-state index contributed by atoms with van der Waals surface area (Å²) < 4.78 is 6.12. The van der Waals surface area contributed by atoms with Gasteiger partial charge in [0.25, 0.3) is 0 Å². The van der Waals surface area contributed by atoms with Crippen molar-refractivity contribution < 1.29 is 23.9 Å². The third-order valence-electron chi connectivity index (χ3n) is 10.7. The number of para-hydroxylation sites is 1. The van der Waals surface area contributed by atoms with Crippen LogP contribution in [0.3, 0.4) is 0 Å². The zero-order valence-corrected chi connectivity index (χ0v) is 30.8. The monoisotopic (exact) mass is 751 g/mol. The fourth-order valence-corrected chi connectivity index (χ4v) is 8.01. The van der Waals surface area contributed by atoms with E-state index in [0.29, 0.717) is 71.2 Å². The van der Waals surface area contributed by atoms with E-state index in [1.165, 1.54) is 0 Å². The second kappa shape index (κ2) is 16.6. The van der Waals surface area contributed by atoms with Crippen LogP contribution >= 0.6 is 15.9 Å². The Hall–Kier alpha value is -3.68. The van der Waals surface area contributed by atoms with Crippen molar-refractivity contribution in [1.82, 2.24) is 29.8 Å². The van der Waals surface area contributed by atoms with Gasteiger partial charge in [0.15, 0.2) is 0 Å². The quantitative estimate of drug-likeness (QED) is 0.372. The standard InChI is InChI=1S/C37H50BrN7O5/c1-3-50-34(46)25-41-14-10-29(11-15-41)42-18-20-43(21-19-42)35(47)33(23-27-8-9-31(38)26(2)22-27)40-36(48)44-16-12-30(13-17-44)45-24-28-6-4-5-7-32(28)39-37(45)49/h4-9,22,29-30,33H,3,10-21,23-25H2,1-2H3,(H,39,49)(H,40,48). The van der Waals surface area contributed by atoms with Crippen molar-refractivity contribution in [2.24, 2.45) is 0 Å². The highest BCUT2D eigenvalue weighted by molar-refractivity contribution is 9.10. The van der Waals surface area contributed by atoms with Crippen molar-refractivity contribution >= 4 is 45.6 Å². The van der Waals surface area contributed by atoms with Crippen LogP contribution in [0.25, 0.3) is 0 Å². The Kier molecular flexibility index (Phi) is 12.0. The number of fused-ring (bicyclic) bond motifs is 1. The number of amides is 5. The molecule has 0 bridgehead atoms. The molecule has 1 unspecified atom stereocenters. The molecule has 12 nitrogen and oxygen atoms in total. The van der Waals surface area contributed by atoms with E-state index in [-0.39, 0.29) is 30.0 Å². The lowest BCUT2D eigenvalue weighted by Gasteiger charge is -2.43. The number of benzene rings is 2. The van der Waals surface area contributed by atoms with Crippen molar-refractivity contribution in [3.63, 3.8) is 0 Å². The molecule has 0 aliphatic carbocycles. The number of carbonyl (C=O) groups excluding carboxylic acids is 4. The third kappa shape index (κ3) is 8.78. The molecule has 50 heavy (non-hydrogen) atoms. The van der Waals surface area contributed by atoms with Crippen LogP contribution < -0.4 is 10.6 Å². The zero-order valence-electron chi connectivity index (χ0n) is 29.2. The Balaban J connectivity index is 1.03. The summed E-state index contributed by atoms with van der Waals surface area (Å²) in [4.78, 5) is 62.8. The van der Waals surface area contributed by atoms with Crippen molar-refractivity contribution in [2.75, 3.05) is 70.8 Å². The lowest BCUT2D eigenvalue weighted by Crippen LogP contribution is -2.59. The largest absolute Gasteiger partial charge is 0.465 e. The summed E-state index contributed by atoms with van der Waals surface area (Å²) in [5.41, 5.74) is 4.02. The predicted octanol–water partition coefficient (Wildman–Crippen LogP) is 4.06. The summed E-state index contributed by atoms with van der Waals surface area (Å²) in [5, 5.41) is 6.12. The number of likely N-dealkylation sites (tertiary alicyclic amines) is 2. The molecule has 0 radical (unpaired) electrons. The van der Waals surface area contributed by atoms with Crippen LogP contribution in [0.4, 0.5) is 15.3 Å². The van der Waals surface area contributed by atoms with Gasteiger partial charge in [0.1, 0.15) is 6.04 Å². The fourth-order valence-electron chi connectivity index (χ4n) is 7.77. The van der Waals surface area contributed by atoms with Gasteiger partial charge in [0.2, 0.25) is 5.91 Å². The van der Waals surface area contributed by atoms with Crippen LogP contribution in [-0.4, -0.2) is 132 Å². The third-order valence-corrected chi connectivity index (χ3v) is 11.6. The number of esters is 1. The first-order chi connectivity index (χ1) is 24.2. The maximum absolute atomic E-state index is 14.1. The molecule has 2 aromatic rings. The van der Waals surface area contributed by atoms with E-state index in [1.54, 1.807) is 4.90 Å². The molecule has 270 valence electrons. The average Bonchev–Trinajstić information content (AvgIpc) is 3.13. The van der Waals surface area contributed by atoms with Gasteiger partial charge < -0.3 is 30.1 Å². The van der Waals surface area contributed by atoms with Crippen molar-refractivity contribution in [3.8, 4) is 0 Å². The van der Waals surface area contributed by atoms with E-state index in [1.807, 2.05) is 60.0 Å². The molecule has 0 saturated carbocycles. The summed E-state index contributed by atoms with van der Waals surface area (Å²) in [6.07, 6.45) is 3.73. The minimum Gasteiger partial charge on any atom is -0.465 e. The van der Waals surface area contributed by atoms with E-state index in [0.717, 1.165) is 65.9 Å². The van der Waals surface area contributed by atoms with Crippen molar-refractivity contribution in [3.05, 3.63) is 63.6 Å². The number of rotatable bonds is 9. The Labute approximate surface area is 303 Å². The molecular formula is C37H50BrN7O5. The molecule has 0 spiro atoms. The second-order valence-corrected chi connectivity index (χ2v) is 14.8. The van der Waals surface area contributed by atoms with Crippen LogP contribution in [0, 0.1) is 6.92 Å². The first-order valence-corrected chi connectivity index (χ1v) is 18.8. The molecule has 2 aromatic carbocycles. The summed E-state index contributed by atoms with van der Waals surface area (Å²) in [6.45, 7) is 10.7. The maximum Gasteiger partial charge on any atom is 0.322 e. The number of urea groups is 2. The lowest BCUT2D eigenvalue weighted by molar-refractivity contribution is -0.144. The van der Waals surface area contributed by atoms with E-state index in [9.17, 15) is 19.2 Å². The van der Waals surface area contributed by atoms with E-state index in [2.05, 4.69) is 42.4 Å². The number of anilines is 1. The molecule has 4 heterocycles. The van der Waals surface area contributed by atoms with Crippen molar-refractivity contribution in [2.45, 2.75) is 70.6 Å². The van der Waals surface area contributed by atoms with E-state index >= 15 is 0 Å². The number of nitrogens with zero attached hydrogens (tertiary/aromatic N) is 5. The number of piperazine rings is 1. The van der Waals surface area contributed by atoms with Gasteiger partial charge in [-0.25, -0.2) is 9.59 Å². The van der Waals surface area contributed by atoms with Crippen LogP contribution in [0.2, 0.25) is 0 Å². The SMILES string of the molecule is CCOC(=O)CN1CCC(N2CCN(C(=O)C(Cc3ccc(Br)c(C)c3)NC(=O)N3CCC(N4Cc5ccccc5NC4=O)CC3)CC2)CC1. The average molecular weight is 753 g/mol. The van der Waals surface area contributed by atoms with Gasteiger partial charge in [0.05, 0.1) is 13.2 Å². The molecular weight excluding hydrogens is 702 g/mol. The van der Waals surface area contributed by atoms with Crippen LogP contribution in [0.15, 0.2) is 46.9 Å². The number of hydrogen-bond donors (Lipinski definition) is 2. The predicted molar refractivity (Wildman–Crippen MR) is 195 cm³/mol. The number of ether oxygens (including phenoxy) is 1. The second-order valence-electron chi connectivity index (χ2n) is 13.9. The number of piperidine rings is 2. The van der Waals surface area contributed by atoms with Gasteiger partial charge >= 0.3 is 18.0 Å². The van der Waals surface area contributed by atoms with Gasteiger partial charge in [-0.2, -0.15) is 0 Å². The Morgan fingerprint density at radius 2 is 1.62 bits per heavy atom. The number of nitrogens with one attached hydrogen (secondary N) is 2. The van der Waals surface area contributed by atoms with Gasteiger partial charge in [-0.3, -0.25) is 19.4 Å².